The average Bonchev–Trinajstić information content (AvgIpc) is 3.59. The molecule has 1 fully saturated rings. The molecule has 1 atom stereocenters. The zero-order valence-electron chi connectivity index (χ0n) is 21.2. The lowest BCUT2D eigenvalue weighted by Crippen LogP contribution is -2.47. The lowest BCUT2D eigenvalue weighted by atomic mass is 10.0. The van der Waals surface area contributed by atoms with Crippen LogP contribution in [0.4, 0.5) is 10.1 Å². The summed E-state index contributed by atoms with van der Waals surface area (Å²) in [4.78, 5) is 29.4. The van der Waals surface area contributed by atoms with Gasteiger partial charge in [-0.15, -0.1) is 5.10 Å². The predicted molar refractivity (Wildman–Crippen MR) is 142 cm³/mol. The second kappa shape index (κ2) is 11.4. The lowest BCUT2D eigenvalue weighted by Gasteiger charge is -2.33. The lowest BCUT2D eigenvalue weighted by molar-refractivity contribution is -0.127. The van der Waals surface area contributed by atoms with Crippen molar-refractivity contribution >= 4 is 28.5 Å². The van der Waals surface area contributed by atoms with Crippen molar-refractivity contribution in [2.24, 2.45) is 0 Å². The van der Waals surface area contributed by atoms with Crippen LogP contribution in [0.5, 0.6) is 5.75 Å². The molecule has 196 valence electrons. The van der Waals surface area contributed by atoms with E-state index in [1.165, 1.54) is 15.6 Å². The van der Waals surface area contributed by atoms with Gasteiger partial charge in [0.25, 0.3) is 0 Å². The maximum absolute atomic E-state index is 15.3. The minimum absolute atomic E-state index is 0.0184. The molecule has 0 saturated heterocycles. The van der Waals surface area contributed by atoms with Crippen molar-refractivity contribution in [3.63, 3.8) is 0 Å². The molecule has 5 rings (SSSR count). The van der Waals surface area contributed by atoms with Crippen molar-refractivity contribution in [2.75, 3.05) is 11.5 Å². The van der Waals surface area contributed by atoms with Crippen molar-refractivity contribution in [3.05, 3.63) is 84.2 Å². The Morgan fingerprint density at radius 3 is 2.55 bits per heavy atom. The molecular weight excluding hydrogens is 485 g/mol. The number of rotatable bonds is 9. The topological polar surface area (TPSA) is 89.3 Å². The summed E-state index contributed by atoms with van der Waals surface area (Å²) in [6.07, 6.45) is 3.74. The summed E-state index contributed by atoms with van der Waals surface area (Å²) in [5, 5.41) is 11.4. The van der Waals surface area contributed by atoms with Gasteiger partial charge in [0.05, 0.1) is 17.8 Å². The van der Waals surface area contributed by atoms with Crippen molar-refractivity contribution in [3.8, 4) is 5.75 Å². The number of carbonyl (C=O) groups excluding carboxylic acids is 2. The average molecular weight is 516 g/mol. The number of aromatic nitrogens is 3. The van der Waals surface area contributed by atoms with Crippen LogP contribution in [-0.4, -0.2) is 39.5 Å². The summed E-state index contributed by atoms with van der Waals surface area (Å²) in [5.41, 5.74) is 1.80. The Hall–Kier alpha value is -4.27. The van der Waals surface area contributed by atoms with E-state index < -0.39 is 23.7 Å². The summed E-state index contributed by atoms with van der Waals surface area (Å²) < 4.78 is 22.6. The highest BCUT2D eigenvalue weighted by atomic mass is 19.1. The Bertz CT molecular complexity index is 1430. The molecule has 1 heterocycles. The van der Waals surface area contributed by atoms with Crippen LogP contribution in [0.1, 0.15) is 44.2 Å². The number of hydrogen-bond acceptors (Lipinski definition) is 5. The molecule has 9 heteroatoms. The van der Waals surface area contributed by atoms with Crippen molar-refractivity contribution in [1.29, 1.82) is 0 Å². The molecule has 1 saturated carbocycles. The molecule has 3 aromatic carbocycles. The van der Waals surface area contributed by atoms with E-state index in [9.17, 15) is 9.59 Å². The van der Waals surface area contributed by atoms with Gasteiger partial charge in [0, 0.05) is 11.6 Å². The first-order valence-electron chi connectivity index (χ1n) is 12.9. The van der Waals surface area contributed by atoms with Crippen LogP contribution in [0.3, 0.4) is 0 Å². The summed E-state index contributed by atoms with van der Waals surface area (Å²) >= 11 is 0. The molecule has 0 spiro atoms. The third-order valence-electron chi connectivity index (χ3n) is 6.81. The van der Waals surface area contributed by atoms with E-state index in [1.807, 2.05) is 31.2 Å². The minimum atomic E-state index is -1.26. The second-order valence-electron chi connectivity index (χ2n) is 9.31. The van der Waals surface area contributed by atoms with E-state index in [4.69, 9.17) is 4.74 Å². The van der Waals surface area contributed by atoms with Gasteiger partial charge < -0.3 is 10.1 Å². The Labute approximate surface area is 220 Å². The van der Waals surface area contributed by atoms with Gasteiger partial charge in [0.2, 0.25) is 11.8 Å². The van der Waals surface area contributed by atoms with E-state index in [0.717, 1.165) is 25.7 Å². The van der Waals surface area contributed by atoms with Crippen molar-refractivity contribution < 1.29 is 18.7 Å². The Kier molecular flexibility index (Phi) is 7.62. The van der Waals surface area contributed by atoms with E-state index in [1.54, 1.807) is 42.5 Å². The molecule has 0 bridgehead atoms. The van der Waals surface area contributed by atoms with E-state index in [-0.39, 0.29) is 18.2 Å². The number of ether oxygens (including phenoxy) is 1. The zero-order valence-corrected chi connectivity index (χ0v) is 21.2. The van der Waals surface area contributed by atoms with E-state index in [0.29, 0.717) is 29.1 Å². The van der Waals surface area contributed by atoms with Crippen molar-refractivity contribution in [2.45, 2.75) is 51.2 Å². The fourth-order valence-corrected chi connectivity index (χ4v) is 5.03. The molecule has 0 radical (unpaired) electrons. The van der Waals surface area contributed by atoms with Gasteiger partial charge in [-0.05, 0) is 50.1 Å². The first-order valence-corrected chi connectivity index (χ1v) is 12.9. The number of carbonyl (C=O) groups is 2. The normalized spacial score (nSPS) is 14.4. The maximum atomic E-state index is 15.3. The predicted octanol–water partition coefficient (Wildman–Crippen LogP) is 4.80. The molecule has 1 aliphatic rings. The highest BCUT2D eigenvalue weighted by molar-refractivity contribution is 6.02. The number of nitrogens with one attached hydrogen (secondary N) is 1. The fraction of sp³-hybridized carbons (Fsp3) is 0.310. The highest BCUT2D eigenvalue weighted by Gasteiger charge is 2.37. The van der Waals surface area contributed by atoms with Crippen LogP contribution in [0.15, 0.2) is 72.8 Å². The summed E-state index contributed by atoms with van der Waals surface area (Å²) in [7, 11) is 0. The smallest absolute Gasteiger partial charge is 0.249 e. The van der Waals surface area contributed by atoms with Crippen LogP contribution in [0.25, 0.3) is 11.0 Å². The Morgan fingerprint density at radius 1 is 1.05 bits per heavy atom. The third kappa shape index (κ3) is 5.22. The number of fused-ring (bicyclic) bond motifs is 1. The van der Waals surface area contributed by atoms with Gasteiger partial charge in [-0.2, -0.15) is 0 Å². The SMILES string of the molecule is CCOc1ccccc1N(C(=O)Cn1nnc2ccccc21)C(C(=O)NC1CCCC1)c1ccccc1F. The van der Waals surface area contributed by atoms with E-state index in [2.05, 4.69) is 15.6 Å². The summed E-state index contributed by atoms with van der Waals surface area (Å²) in [6, 6.07) is 19.1. The standard InChI is InChI=1S/C29H30FN5O3/c1-2-38-26-18-10-9-17-25(26)35(27(36)19-34-24-16-8-7-15-23(24)32-33-34)28(21-13-5-6-14-22(21)30)29(37)31-20-11-3-4-12-20/h5-10,13-18,20,28H,2-4,11-12,19H2,1H3,(H,31,37). The molecule has 1 unspecified atom stereocenters. The Morgan fingerprint density at radius 2 is 1.76 bits per heavy atom. The number of hydrogen-bond donors (Lipinski definition) is 1. The van der Waals surface area contributed by atoms with Crippen LogP contribution in [-0.2, 0) is 16.1 Å². The van der Waals surface area contributed by atoms with Gasteiger partial charge in [-0.1, -0.05) is 60.5 Å². The highest BCUT2D eigenvalue weighted by Crippen LogP contribution is 2.36. The van der Waals surface area contributed by atoms with Crippen LogP contribution >= 0.6 is 0 Å². The molecule has 1 aliphatic carbocycles. The van der Waals surface area contributed by atoms with Gasteiger partial charge in [-0.25, -0.2) is 9.07 Å². The minimum Gasteiger partial charge on any atom is -0.492 e. The first kappa shape index (κ1) is 25.4. The number of nitrogens with zero attached hydrogens (tertiary/aromatic N) is 4. The molecule has 8 nitrogen and oxygen atoms in total. The van der Waals surface area contributed by atoms with Gasteiger partial charge in [0.15, 0.2) is 0 Å². The molecule has 4 aromatic rings. The van der Waals surface area contributed by atoms with Gasteiger partial charge in [0.1, 0.15) is 29.7 Å². The third-order valence-corrected chi connectivity index (χ3v) is 6.81. The van der Waals surface area contributed by atoms with Crippen LogP contribution in [0, 0.1) is 5.82 Å². The number of para-hydroxylation sites is 3. The molecule has 1 aromatic heterocycles. The maximum Gasteiger partial charge on any atom is 0.249 e. The van der Waals surface area contributed by atoms with Crippen molar-refractivity contribution in [1.82, 2.24) is 20.3 Å². The second-order valence-corrected chi connectivity index (χ2v) is 9.31. The largest absolute Gasteiger partial charge is 0.492 e. The quantitative estimate of drug-likeness (QED) is 0.346. The van der Waals surface area contributed by atoms with Gasteiger partial charge in [-0.3, -0.25) is 14.5 Å². The molecule has 1 N–H and O–H groups in total. The summed E-state index contributed by atoms with van der Waals surface area (Å²) in [5.74, 6) is -1.05. The summed E-state index contributed by atoms with van der Waals surface area (Å²) in [6.45, 7) is 1.99. The Balaban J connectivity index is 1.62. The van der Waals surface area contributed by atoms with Crippen LogP contribution < -0.4 is 15.0 Å². The number of benzene rings is 3. The number of amides is 2. The van der Waals surface area contributed by atoms with Gasteiger partial charge >= 0.3 is 0 Å². The first-order chi connectivity index (χ1) is 18.6. The monoisotopic (exact) mass is 515 g/mol. The molecule has 2 amide bonds. The molecule has 0 aliphatic heterocycles. The fourth-order valence-electron chi connectivity index (χ4n) is 5.03. The van der Waals surface area contributed by atoms with E-state index >= 15 is 4.39 Å². The number of halogens is 1. The molecule has 38 heavy (non-hydrogen) atoms. The van der Waals surface area contributed by atoms with Crippen LogP contribution in [0.2, 0.25) is 0 Å². The number of anilines is 1. The molecular formula is C29H30FN5O3. The zero-order chi connectivity index (χ0) is 26.5.